The minimum absolute atomic E-state index is 0.0892. The highest BCUT2D eigenvalue weighted by molar-refractivity contribution is 6.20. The van der Waals surface area contributed by atoms with Gasteiger partial charge in [-0.1, -0.05) is 48.5 Å². The highest BCUT2D eigenvalue weighted by atomic mass is 16.6. The molecule has 0 saturated carbocycles. The van der Waals surface area contributed by atoms with E-state index in [0.29, 0.717) is 39.3 Å². The molecule has 1 aliphatic carbocycles. The zero-order valence-electron chi connectivity index (χ0n) is 23.1. The van der Waals surface area contributed by atoms with Crippen LogP contribution in [-0.4, -0.2) is 43.1 Å². The van der Waals surface area contributed by atoms with Crippen LogP contribution < -0.4 is 9.64 Å². The molecule has 0 fully saturated rings. The first-order chi connectivity index (χ1) is 19.1. The van der Waals surface area contributed by atoms with Gasteiger partial charge in [0.15, 0.2) is 5.78 Å². The van der Waals surface area contributed by atoms with Crippen molar-refractivity contribution >= 4 is 29.4 Å². The van der Waals surface area contributed by atoms with Crippen LogP contribution in [0.4, 0.5) is 10.5 Å². The fraction of sp³-hybridized carbons (Fsp3) is 0.312. The lowest BCUT2D eigenvalue weighted by Crippen LogP contribution is -2.43. The molecule has 0 aromatic heterocycles. The summed E-state index contributed by atoms with van der Waals surface area (Å²) in [5.41, 5.74) is 2.06. The Morgan fingerprint density at radius 3 is 2.02 bits per heavy atom. The molecule has 8 heteroatoms. The van der Waals surface area contributed by atoms with Crippen molar-refractivity contribution in [2.75, 3.05) is 18.6 Å². The molecule has 0 bridgehead atoms. The highest BCUT2D eigenvalue weighted by Gasteiger charge is 2.53. The van der Waals surface area contributed by atoms with E-state index < -0.39 is 41.3 Å². The number of imide groups is 1. The van der Waals surface area contributed by atoms with Gasteiger partial charge in [-0.05, 0) is 62.6 Å². The number of carbonyl (C=O) groups excluding carboxylic acids is 4. The summed E-state index contributed by atoms with van der Waals surface area (Å²) < 4.78 is 16.6. The van der Waals surface area contributed by atoms with Gasteiger partial charge in [0.2, 0.25) is 5.91 Å². The van der Waals surface area contributed by atoms with Crippen LogP contribution in [0.2, 0.25) is 0 Å². The molecule has 206 valence electrons. The van der Waals surface area contributed by atoms with E-state index in [-0.39, 0.29) is 12.4 Å². The van der Waals surface area contributed by atoms with E-state index in [4.69, 9.17) is 14.2 Å². The third-order valence-corrected chi connectivity index (χ3v) is 7.23. The maximum atomic E-state index is 14.3. The molecule has 3 aromatic rings. The van der Waals surface area contributed by atoms with E-state index in [1.807, 2.05) is 0 Å². The molecule has 2 atom stereocenters. The molecule has 0 spiro atoms. The van der Waals surface area contributed by atoms with Crippen LogP contribution in [-0.2, 0) is 19.1 Å². The van der Waals surface area contributed by atoms with Crippen LogP contribution in [0.15, 0.2) is 66.7 Å². The maximum absolute atomic E-state index is 14.3. The number of anilines is 1. The molecule has 2 aliphatic rings. The van der Waals surface area contributed by atoms with E-state index >= 15 is 0 Å². The largest absolute Gasteiger partial charge is 0.497 e. The van der Waals surface area contributed by atoms with E-state index in [0.717, 1.165) is 4.90 Å². The number of carbonyl (C=O) groups is 4. The van der Waals surface area contributed by atoms with E-state index in [1.165, 1.54) is 7.11 Å². The summed E-state index contributed by atoms with van der Waals surface area (Å²) in [6.07, 6.45) is -0.839. The minimum Gasteiger partial charge on any atom is -0.497 e. The normalized spacial score (nSPS) is 17.0. The number of benzene rings is 3. The average molecular weight is 542 g/mol. The summed E-state index contributed by atoms with van der Waals surface area (Å²) in [7, 11) is 1.50. The SMILES string of the molecule is CCOC(=O)[C@@H](C1c2ccccc2C(=O)c2ccccc21)[C@H]1C(=O)N(C(=O)OC(C)(C)C)c2ccc(OC)cc21. The Morgan fingerprint density at radius 1 is 0.875 bits per heavy atom. The Balaban J connectivity index is 1.75. The number of nitrogens with zero attached hydrogens (tertiary/aromatic N) is 1. The van der Waals surface area contributed by atoms with Crippen LogP contribution in [0.1, 0.15) is 72.1 Å². The summed E-state index contributed by atoms with van der Waals surface area (Å²) >= 11 is 0. The molecule has 8 nitrogen and oxygen atoms in total. The fourth-order valence-electron chi connectivity index (χ4n) is 5.70. The van der Waals surface area contributed by atoms with Gasteiger partial charge in [-0.25, -0.2) is 9.69 Å². The first-order valence-corrected chi connectivity index (χ1v) is 13.2. The molecule has 0 unspecified atom stereocenters. The molecule has 1 heterocycles. The zero-order chi connectivity index (χ0) is 28.8. The lowest BCUT2D eigenvalue weighted by Gasteiger charge is -2.35. The third-order valence-electron chi connectivity index (χ3n) is 7.23. The number of amides is 2. The predicted molar refractivity (Wildman–Crippen MR) is 148 cm³/mol. The quantitative estimate of drug-likeness (QED) is 0.387. The van der Waals surface area contributed by atoms with Crippen LogP contribution in [0.5, 0.6) is 5.75 Å². The van der Waals surface area contributed by atoms with E-state index in [1.54, 1.807) is 94.4 Å². The number of ether oxygens (including phenoxy) is 3. The van der Waals surface area contributed by atoms with Gasteiger partial charge in [0, 0.05) is 17.0 Å². The highest BCUT2D eigenvalue weighted by Crippen LogP contribution is 2.52. The molecule has 0 radical (unpaired) electrons. The summed E-state index contributed by atoms with van der Waals surface area (Å²) in [5, 5.41) is 0. The standard InChI is InChI=1S/C32H31NO7/c1-6-39-30(36)27(25-19-11-7-9-13-21(19)28(34)22-14-10-8-12-20(22)25)26-23-17-18(38-5)15-16-24(23)33(29(26)35)31(37)40-32(2,3)4/h7-17,25-27H,6H2,1-5H3/t26-,27-/m0/s1. The molecular formula is C32H31NO7. The van der Waals surface area contributed by atoms with Gasteiger partial charge < -0.3 is 14.2 Å². The average Bonchev–Trinajstić information content (AvgIpc) is 3.20. The van der Waals surface area contributed by atoms with Gasteiger partial charge in [0.05, 0.1) is 31.2 Å². The molecule has 0 N–H and O–H groups in total. The molecule has 40 heavy (non-hydrogen) atoms. The van der Waals surface area contributed by atoms with Gasteiger partial charge in [0.1, 0.15) is 11.4 Å². The summed E-state index contributed by atoms with van der Waals surface area (Å²) in [6, 6.07) is 19.1. The number of methoxy groups -OCH3 is 1. The van der Waals surface area contributed by atoms with Crippen LogP contribution in [0.25, 0.3) is 0 Å². The lowest BCUT2D eigenvalue weighted by atomic mass is 9.67. The van der Waals surface area contributed by atoms with Crippen molar-refractivity contribution in [3.05, 3.63) is 94.5 Å². The number of ketones is 1. The molecule has 0 saturated heterocycles. The van der Waals surface area contributed by atoms with E-state index in [9.17, 15) is 19.2 Å². The summed E-state index contributed by atoms with van der Waals surface area (Å²) in [4.78, 5) is 56.0. The first kappa shape index (κ1) is 27.1. The maximum Gasteiger partial charge on any atom is 0.421 e. The monoisotopic (exact) mass is 541 g/mol. The third kappa shape index (κ3) is 4.53. The van der Waals surface area contributed by atoms with Crippen molar-refractivity contribution < 1.29 is 33.4 Å². The Bertz CT molecular complexity index is 1470. The Hall–Kier alpha value is -4.46. The zero-order valence-corrected chi connectivity index (χ0v) is 23.1. The predicted octanol–water partition coefficient (Wildman–Crippen LogP) is 5.62. The second-order valence-corrected chi connectivity index (χ2v) is 10.8. The topological polar surface area (TPSA) is 99.2 Å². The van der Waals surface area contributed by atoms with Crippen molar-refractivity contribution in [2.45, 2.75) is 45.1 Å². The number of hydrogen-bond acceptors (Lipinski definition) is 7. The smallest absolute Gasteiger partial charge is 0.421 e. The Labute approximate surface area is 232 Å². The van der Waals surface area contributed by atoms with Crippen molar-refractivity contribution in [1.82, 2.24) is 0 Å². The molecule has 3 aromatic carbocycles. The van der Waals surface area contributed by atoms with Gasteiger partial charge >= 0.3 is 12.1 Å². The summed E-state index contributed by atoms with van der Waals surface area (Å²) in [5.74, 6) is -3.81. The lowest BCUT2D eigenvalue weighted by molar-refractivity contribution is -0.151. The van der Waals surface area contributed by atoms with Gasteiger partial charge in [-0.15, -0.1) is 0 Å². The Kier molecular flexibility index (Phi) is 6.96. The van der Waals surface area contributed by atoms with Crippen molar-refractivity contribution in [2.24, 2.45) is 5.92 Å². The second kappa shape index (κ2) is 10.3. The van der Waals surface area contributed by atoms with Crippen LogP contribution in [0, 0.1) is 5.92 Å². The van der Waals surface area contributed by atoms with Crippen molar-refractivity contribution in [3.8, 4) is 5.75 Å². The molecule has 5 rings (SSSR count). The van der Waals surface area contributed by atoms with E-state index in [2.05, 4.69) is 0 Å². The number of esters is 1. The number of rotatable bonds is 5. The van der Waals surface area contributed by atoms with Gasteiger partial charge in [-0.2, -0.15) is 0 Å². The summed E-state index contributed by atoms with van der Waals surface area (Å²) in [6.45, 7) is 6.93. The van der Waals surface area contributed by atoms with Gasteiger partial charge in [-0.3, -0.25) is 14.4 Å². The first-order valence-electron chi connectivity index (χ1n) is 13.2. The number of fused-ring (bicyclic) bond motifs is 3. The Morgan fingerprint density at radius 2 is 1.48 bits per heavy atom. The van der Waals surface area contributed by atoms with Crippen molar-refractivity contribution in [1.29, 1.82) is 0 Å². The van der Waals surface area contributed by atoms with Gasteiger partial charge in [0.25, 0.3) is 0 Å². The van der Waals surface area contributed by atoms with Crippen LogP contribution >= 0.6 is 0 Å². The molecule has 1 aliphatic heterocycles. The van der Waals surface area contributed by atoms with Crippen molar-refractivity contribution in [3.63, 3.8) is 0 Å². The molecular weight excluding hydrogens is 510 g/mol. The second-order valence-electron chi connectivity index (χ2n) is 10.8. The molecule has 2 amide bonds. The fourth-order valence-corrected chi connectivity index (χ4v) is 5.70. The minimum atomic E-state index is -1.11. The number of hydrogen-bond donors (Lipinski definition) is 0. The van der Waals surface area contributed by atoms with Crippen LogP contribution in [0.3, 0.4) is 0 Å².